The molecule has 2 rings (SSSR count). The molecular formula is C14H18BrNO2. The number of rotatable bonds is 4. The molecule has 1 heterocycles. The number of morpholine rings is 1. The topological polar surface area (TPSA) is 29.5 Å². The minimum atomic E-state index is 0.196. The van der Waals surface area contributed by atoms with Crippen molar-refractivity contribution in [3.8, 4) is 0 Å². The van der Waals surface area contributed by atoms with E-state index in [0.717, 1.165) is 36.3 Å². The first kappa shape index (κ1) is 13.7. The molecule has 0 saturated carbocycles. The van der Waals surface area contributed by atoms with Gasteiger partial charge in [-0.3, -0.25) is 9.69 Å². The van der Waals surface area contributed by atoms with E-state index >= 15 is 0 Å². The Bertz CT molecular complexity index is 422. The summed E-state index contributed by atoms with van der Waals surface area (Å²) in [6.07, 6.45) is 0.562. The fourth-order valence-electron chi connectivity index (χ4n) is 2.16. The Morgan fingerprint density at radius 3 is 3.00 bits per heavy atom. The Kier molecular flexibility index (Phi) is 4.92. The Morgan fingerprint density at radius 2 is 2.28 bits per heavy atom. The fraction of sp³-hybridized carbons (Fsp3) is 0.500. The molecular weight excluding hydrogens is 294 g/mol. The Labute approximate surface area is 116 Å². The van der Waals surface area contributed by atoms with Crippen LogP contribution in [0.1, 0.15) is 23.7 Å². The van der Waals surface area contributed by atoms with Gasteiger partial charge in [-0.1, -0.05) is 34.1 Å². The lowest BCUT2D eigenvalue weighted by atomic mass is 10.1. The first-order valence-electron chi connectivity index (χ1n) is 6.28. The van der Waals surface area contributed by atoms with Crippen molar-refractivity contribution in [2.45, 2.75) is 19.4 Å². The summed E-state index contributed by atoms with van der Waals surface area (Å²) in [5, 5.41) is 0. The van der Waals surface area contributed by atoms with Gasteiger partial charge < -0.3 is 4.74 Å². The second kappa shape index (κ2) is 6.45. The number of nitrogens with zero attached hydrogens (tertiary/aromatic N) is 1. The van der Waals surface area contributed by atoms with Crippen LogP contribution in [0.25, 0.3) is 0 Å². The lowest BCUT2D eigenvalue weighted by Crippen LogP contribution is -2.44. The van der Waals surface area contributed by atoms with Crippen LogP contribution in [-0.2, 0) is 4.74 Å². The molecule has 98 valence electrons. The number of benzene rings is 1. The SMILES string of the molecule is CC1COCCN1CCC(=O)c1ccccc1Br. The van der Waals surface area contributed by atoms with Crippen LogP contribution >= 0.6 is 15.9 Å². The van der Waals surface area contributed by atoms with Crippen LogP contribution in [0.4, 0.5) is 0 Å². The van der Waals surface area contributed by atoms with Crippen LogP contribution in [0.5, 0.6) is 0 Å². The van der Waals surface area contributed by atoms with Crippen molar-refractivity contribution < 1.29 is 9.53 Å². The van der Waals surface area contributed by atoms with Crippen LogP contribution in [0.3, 0.4) is 0 Å². The van der Waals surface area contributed by atoms with Gasteiger partial charge in [0.25, 0.3) is 0 Å². The van der Waals surface area contributed by atoms with Gasteiger partial charge in [0.05, 0.1) is 13.2 Å². The molecule has 3 nitrogen and oxygen atoms in total. The molecule has 0 radical (unpaired) electrons. The minimum absolute atomic E-state index is 0.196. The smallest absolute Gasteiger partial charge is 0.165 e. The molecule has 1 aromatic carbocycles. The summed E-state index contributed by atoms with van der Waals surface area (Å²) in [4.78, 5) is 14.4. The molecule has 0 aliphatic carbocycles. The van der Waals surface area contributed by atoms with Gasteiger partial charge in [-0.25, -0.2) is 0 Å². The van der Waals surface area contributed by atoms with Gasteiger partial charge in [0.2, 0.25) is 0 Å². The van der Waals surface area contributed by atoms with Gasteiger partial charge in [-0.2, -0.15) is 0 Å². The van der Waals surface area contributed by atoms with Gasteiger partial charge in [-0.15, -0.1) is 0 Å². The Hall–Kier alpha value is -0.710. The zero-order valence-electron chi connectivity index (χ0n) is 10.6. The molecule has 0 bridgehead atoms. The highest BCUT2D eigenvalue weighted by Crippen LogP contribution is 2.18. The predicted octanol–water partition coefficient (Wildman–Crippen LogP) is 2.74. The van der Waals surface area contributed by atoms with E-state index in [1.807, 2.05) is 24.3 Å². The molecule has 0 aromatic heterocycles. The minimum Gasteiger partial charge on any atom is -0.379 e. The van der Waals surface area contributed by atoms with Gasteiger partial charge in [0, 0.05) is 35.6 Å². The molecule has 18 heavy (non-hydrogen) atoms. The first-order valence-corrected chi connectivity index (χ1v) is 7.07. The molecule has 1 fully saturated rings. The molecule has 0 N–H and O–H groups in total. The highest BCUT2D eigenvalue weighted by atomic mass is 79.9. The second-order valence-corrected chi connectivity index (χ2v) is 5.47. The van der Waals surface area contributed by atoms with Crippen LogP contribution in [0.2, 0.25) is 0 Å². The van der Waals surface area contributed by atoms with E-state index in [2.05, 4.69) is 27.8 Å². The maximum absolute atomic E-state index is 12.1. The Morgan fingerprint density at radius 1 is 1.50 bits per heavy atom. The molecule has 1 unspecified atom stereocenters. The van der Waals surface area contributed by atoms with Gasteiger partial charge >= 0.3 is 0 Å². The number of Topliss-reactive ketones (excluding diaryl/α,β-unsaturated/α-hetero) is 1. The number of ether oxygens (including phenoxy) is 1. The average molecular weight is 312 g/mol. The largest absolute Gasteiger partial charge is 0.379 e. The van der Waals surface area contributed by atoms with Gasteiger partial charge in [-0.05, 0) is 13.0 Å². The maximum Gasteiger partial charge on any atom is 0.165 e. The average Bonchev–Trinajstić information content (AvgIpc) is 2.38. The van der Waals surface area contributed by atoms with E-state index < -0.39 is 0 Å². The molecule has 1 saturated heterocycles. The van der Waals surface area contributed by atoms with Crippen molar-refractivity contribution in [2.75, 3.05) is 26.3 Å². The number of hydrogen-bond donors (Lipinski definition) is 0. The van der Waals surface area contributed by atoms with E-state index in [1.54, 1.807) is 0 Å². The van der Waals surface area contributed by atoms with Crippen molar-refractivity contribution in [1.82, 2.24) is 4.90 Å². The van der Waals surface area contributed by atoms with Crippen molar-refractivity contribution in [2.24, 2.45) is 0 Å². The van der Waals surface area contributed by atoms with Gasteiger partial charge in [0.1, 0.15) is 0 Å². The van der Waals surface area contributed by atoms with E-state index in [1.165, 1.54) is 0 Å². The third kappa shape index (κ3) is 3.40. The van der Waals surface area contributed by atoms with Crippen molar-refractivity contribution in [1.29, 1.82) is 0 Å². The van der Waals surface area contributed by atoms with E-state index in [4.69, 9.17) is 4.74 Å². The summed E-state index contributed by atoms with van der Waals surface area (Å²) in [5.74, 6) is 0.196. The second-order valence-electron chi connectivity index (χ2n) is 4.61. The maximum atomic E-state index is 12.1. The lowest BCUT2D eigenvalue weighted by Gasteiger charge is -2.32. The highest BCUT2D eigenvalue weighted by Gasteiger charge is 2.19. The van der Waals surface area contributed by atoms with E-state index in [9.17, 15) is 4.79 Å². The van der Waals surface area contributed by atoms with E-state index in [-0.39, 0.29) is 5.78 Å². The number of ketones is 1. The summed E-state index contributed by atoms with van der Waals surface area (Å²) in [5.41, 5.74) is 0.776. The zero-order chi connectivity index (χ0) is 13.0. The van der Waals surface area contributed by atoms with Crippen LogP contribution in [0, 0.1) is 0 Å². The monoisotopic (exact) mass is 311 g/mol. The third-order valence-corrected chi connectivity index (χ3v) is 4.00. The summed E-state index contributed by atoms with van der Waals surface area (Å²) in [6, 6.07) is 8.01. The van der Waals surface area contributed by atoms with E-state index in [0.29, 0.717) is 12.5 Å². The molecule has 0 spiro atoms. The molecule has 1 atom stereocenters. The first-order chi connectivity index (χ1) is 8.68. The number of hydrogen-bond acceptors (Lipinski definition) is 3. The normalized spacial score (nSPS) is 20.9. The summed E-state index contributed by atoms with van der Waals surface area (Å²) < 4.78 is 6.27. The molecule has 1 aromatic rings. The number of carbonyl (C=O) groups excluding carboxylic acids is 1. The number of carbonyl (C=O) groups is 1. The summed E-state index contributed by atoms with van der Waals surface area (Å²) in [6.45, 7) is 5.41. The van der Waals surface area contributed by atoms with Crippen molar-refractivity contribution in [3.05, 3.63) is 34.3 Å². The Balaban J connectivity index is 1.90. The number of halogens is 1. The molecule has 4 heteroatoms. The predicted molar refractivity (Wildman–Crippen MR) is 74.9 cm³/mol. The lowest BCUT2D eigenvalue weighted by molar-refractivity contribution is -0.000211. The third-order valence-electron chi connectivity index (χ3n) is 3.31. The summed E-state index contributed by atoms with van der Waals surface area (Å²) >= 11 is 3.42. The molecule has 0 amide bonds. The quantitative estimate of drug-likeness (QED) is 0.801. The van der Waals surface area contributed by atoms with Crippen LogP contribution in [-0.4, -0.2) is 43.0 Å². The highest BCUT2D eigenvalue weighted by molar-refractivity contribution is 9.10. The standard InChI is InChI=1S/C14H18BrNO2/c1-11-10-18-9-8-16(11)7-6-14(17)12-4-2-3-5-13(12)15/h2-5,11H,6-10H2,1H3. The fourth-order valence-corrected chi connectivity index (χ4v) is 2.67. The summed E-state index contributed by atoms with van der Waals surface area (Å²) in [7, 11) is 0. The van der Waals surface area contributed by atoms with Crippen molar-refractivity contribution in [3.63, 3.8) is 0 Å². The van der Waals surface area contributed by atoms with Crippen molar-refractivity contribution >= 4 is 21.7 Å². The zero-order valence-corrected chi connectivity index (χ0v) is 12.1. The molecule has 1 aliphatic rings. The van der Waals surface area contributed by atoms with Gasteiger partial charge in [0.15, 0.2) is 5.78 Å². The van der Waals surface area contributed by atoms with Crippen LogP contribution < -0.4 is 0 Å². The molecule has 1 aliphatic heterocycles. The van der Waals surface area contributed by atoms with Crippen LogP contribution in [0.15, 0.2) is 28.7 Å².